The molecule has 0 radical (unpaired) electrons. The van der Waals surface area contributed by atoms with E-state index in [0.29, 0.717) is 5.56 Å². The summed E-state index contributed by atoms with van der Waals surface area (Å²) in [5.41, 5.74) is 0.616. The van der Waals surface area contributed by atoms with Gasteiger partial charge in [-0.2, -0.15) is 0 Å². The van der Waals surface area contributed by atoms with Crippen molar-refractivity contribution in [2.24, 2.45) is 0 Å². The molecule has 2 N–H and O–H groups in total. The van der Waals surface area contributed by atoms with Gasteiger partial charge in [-0.1, -0.05) is 18.1 Å². The Morgan fingerprint density at radius 1 is 1.27 bits per heavy atom. The normalized spacial score (nSPS) is 12.0. The summed E-state index contributed by atoms with van der Waals surface area (Å²) in [6, 6.07) is 6.13. The Balaban J connectivity index is 2.92. The lowest BCUT2D eigenvalue weighted by Crippen LogP contribution is -1.91. The van der Waals surface area contributed by atoms with Crippen LogP contribution in [0.3, 0.4) is 0 Å². The van der Waals surface area contributed by atoms with Gasteiger partial charge in [0.25, 0.3) is 0 Å². The molecular weight excluding hydrogens is 140 g/mol. The number of benzene rings is 1. The molecule has 0 heterocycles. The lowest BCUT2D eigenvalue weighted by atomic mass is 10.1. The molecule has 1 aromatic carbocycles. The zero-order chi connectivity index (χ0) is 8.27. The minimum atomic E-state index is -0.879. The van der Waals surface area contributed by atoms with E-state index in [-0.39, 0.29) is 5.75 Å². The fourth-order valence-corrected chi connectivity index (χ4v) is 0.753. The molecule has 0 aromatic heterocycles. The van der Waals surface area contributed by atoms with Crippen LogP contribution in [0.15, 0.2) is 24.3 Å². The number of terminal acetylenes is 1. The van der Waals surface area contributed by atoms with Crippen LogP contribution in [0.4, 0.5) is 0 Å². The fourth-order valence-electron chi connectivity index (χ4n) is 0.753. The Labute approximate surface area is 65.1 Å². The van der Waals surface area contributed by atoms with E-state index in [4.69, 9.17) is 16.6 Å². The number of phenols is 1. The number of aliphatic hydroxyl groups is 1. The Bertz CT molecular complexity index is 269. The third-order valence-corrected chi connectivity index (χ3v) is 1.37. The van der Waals surface area contributed by atoms with Crippen molar-refractivity contribution < 1.29 is 10.2 Å². The van der Waals surface area contributed by atoms with Crippen molar-refractivity contribution in [3.63, 3.8) is 0 Å². The summed E-state index contributed by atoms with van der Waals surface area (Å²) in [6.45, 7) is 0. The first-order valence-corrected chi connectivity index (χ1v) is 3.17. The number of rotatable bonds is 1. The van der Waals surface area contributed by atoms with Gasteiger partial charge in [0, 0.05) is 0 Å². The maximum absolute atomic E-state index is 9.10. The first-order valence-electron chi connectivity index (χ1n) is 3.17. The fraction of sp³-hybridized carbons (Fsp3) is 0.111. The molecule has 0 saturated carbocycles. The summed E-state index contributed by atoms with van der Waals surface area (Å²) in [4.78, 5) is 0. The molecule has 1 unspecified atom stereocenters. The van der Waals surface area contributed by atoms with Crippen LogP contribution in [0.2, 0.25) is 0 Å². The van der Waals surface area contributed by atoms with Crippen LogP contribution in [0, 0.1) is 12.3 Å². The molecule has 0 amide bonds. The summed E-state index contributed by atoms with van der Waals surface area (Å²) in [6.07, 6.45) is 4.10. The van der Waals surface area contributed by atoms with Gasteiger partial charge in [0.1, 0.15) is 11.9 Å². The number of phenolic OH excluding ortho intramolecular Hbond substituents is 1. The van der Waals surface area contributed by atoms with Crippen molar-refractivity contribution in [1.29, 1.82) is 0 Å². The van der Waals surface area contributed by atoms with E-state index >= 15 is 0 Å². The average Bonchev–Trinajstić information content (AvgIpc) is 2.05. The van der Waals surface area contributed by atoms with Crippen LogP contribution in [0.1, 0.15) is 11.7 Å². The van der Waals surface area contributed by atoms with Crippen molar-refractivity contribution in [2.75, 3.05) is 0 Å². The Morgan fingerprint density at radius 3 is 2.27 bits per heavy atom. The van der Waals surface area contributed by atoms with Gasteiger partial charge >= 0.3 is 0 Å². The van der Waals surface area contributed by atoms with Crippen molar-refractivity contribution in [2.45, 2.75) is 6.10 Å². The van der Waals surface area contributed by atoms with E-state index < -0.39 is 6.10 Å². The number of hydrogen-bond acceptors (Lipinski definition) is 2. The Kier molecular flexibility index (Phi) is 2.15. The largest absolute Gasteiger partial charge is 0.508 e. The van der Waals surface area contributed by atoms with Crippen LogP contribution >= 0.6 is 0 Å². The maximum atomic E-state index is 9.10. The lowest BCUT2D eigenvalue weighted by molar-refractivity contribution is 0.238. The highest BCUT2D eigenvalue weighted by atomic mass is 16.3. The van der Waals surface area contributed by atoms with Crippen LogP contribution in [0.5, 0.6) is 5.75 Å². The molecule has 1 atom stereocenters. The molecule has 1 aromatic rings. The van der Waals surface area contributed by atoms with Crippen LogP contribution in [0.25, 0.3) is 0 Å². The summed E-state index contributed by atoms with van der Waals surface area (Å²) in [5, 5.41) is 18.0. The summed E-state index contributed by atoms with van der Waals surface area (Å²) >= 11 is 0. The zero-order valence-electron chi connectivity index (χ0n) is 5.86. The molecule has 0 saturated heterocycles. The highest BCUT2D eigenvalue weighted by Crippen LogP contribution is 2.15. The molecule has 1 rings (SSSR count). The second-order valence-corrected chi connectivity index (χ2v) is 2.16. The SMILES string of the molecule is C#CC(O)c1ccc(O)cc1. The van der Waals surface area contributed by atoms with E-state index in [0.717, 1.165) is 0 Å². The molecule has 0 bridgehead atoms. The first kappa shape index (κ1) is 7.64. The lowest BCUT2D eigenvalue weighted by Gasteiger charge is -2.01. The molecule has 0 aliphatic carbocycles. The molecule has 0 spiro atoms. The monoisotopic (exact) mass is 148 g/mol. The molecule has 11 heavy (non-hydrogen) atoms. The quantitative estimate of drug-likeness (QED) is 0.584. The number of aromatic hydroxyl groups is 1. The van der Waals surface area contributed by atoms with E-state index in [1.165, 1.54) is 12.1 Å². The second kappa shape index (κ2) is 3.09. The van der Waals surface area contributed by atoms with Gasteiger partial charge in [-0.05, 0) is 17.7 Å². The van der Waals surface area contributed by atoms with E-state index in [1.54, 1.807) is 12.1 Å². The number of hydrogen-bond donors (Lipinski definition) is 2. The van der Waals surface area contributed by atoms with Gasteiger partial charge in [-0.3, -0.25) is 0 Å². The van der Waals surface area contributed by atoms with E-state index in [9.17, 15) is 0 Å². The molecule has 0 fully saturated rings. The predicted octanol–water partition coefficient (Wildman–Crippen LogP) is 1.06. The van der Waals surface area contributed by atoms with Crippen molar-refractivity contribution in [3.8, 4) is 18.1 Å². The molecular formula is C9H8O2. The predicted molar refractivity (Wildman–Crippen MR) is 41.9 cm³/mol. The number of aliphatic hydroxyl groups excluding tert-OH is 1. The standard InChI is InChI=1S/C9H8O2/c1-2-9(11)7-3-5-8(10)6-4-7/h1,3-6,9-11H. The summed E-state index contributed by atoms with van der Waals surface area (Å²) in [7, 11) is 0. The molecule has 2 nitrogen and oxygen atoms in total. The van der Waals surface area contributed by atoms with Crippen molar-refractivity contribution >= 4 is 0 Å². The van der Waals surface area contributed by atoms with Gasteiger partial charge in [0.2, 0.25) is 0 Å². The molecule has 0 aliphatic heterocycles. The van der Waals surface area contributed by atoms with Gasteiger partial charge in [0.15, 0.2) is 0 Å². The third kappa shape index (κ3) is 1.73. The van der Waals surface area contributed by atoms with Gasteiger partial charge in [-0.15, -0.1) is 6.42 Å². The van der Waals surface area contributed by atoms with Crippen molar-refractivity contribution in [3.05, 3.63) is 29.8 Å². The van der Waals surface area contributed by atoms with Crippen LogP contribution in [-0.2, 0) is 0 Å². The molecule has 56 valence electrons. The Hall–Kier alpha value is -1.46. The van der Waals surface area contributed by atoms with Gasteiger partial charge in [0.05, 0.1) is 0 Å². The summed E-state index contributed by atoms with van der Waals surface area (Å²) in [5.74, 6) is 2.34. The minimum absolute atomic E-state index is 0.165. The highest BCUT2D eigenvalue weighted by Gasteiger charge is 2.00. The maximum Gasteiger partial charge on any atom is 0.139 e. The smallest absolute Gasteiger partial charge is 0.139 e. The van der Waals surface area contributed by atoms with Crippen LogP contribution in [-0.4, -0.2) is 10.2 Å². The Morgan fingerprint density at radius 2 is 1.82 bits per heavy atom. The summed E-state index contributed by atoms with van der Waals surface area (Å²) < 4.78 is 0. The first-order chi connectivity index (χ1) is 5.24. The van der Waals surface area contributed by atoms with Gasteiger partial charge in [-0.25, -0.2) is 0 Å². The van der Waals surface area contributed by atoms with Crippen molar-refractivity contribution in [1.82, 2.24) is 0 Å². The van der Waals surface area contributed by atoms with E-state index in [1.807, 2.05) is 0 Å². The topological polar surface area (TPSA) is 40.5 Å². The zero-order valence-corrected chi connectivity index (χ0v) is 5.86. The minimum Gasteiger partial charge on any atom is -0.508 e. The molecule has 2 heteroatoms. The van der Waals surface area contributed by atoms with Gasteiger partial charge < -0.3 is 10.2 Å². The third-order valence-electron chi connectivity index (χ3n) is 1.37. The van der Waals surface area contributed by atoms with Crippen LogP contribution < -0.4 is 0 Å². The molecule has 0 aliphatic rings. The average molecular weight is 148 g/mol. The van der Waals surface area contributed by atoms with E-state index in [2.05, 4.69) is 5.92 Å². The second-order valence-electron chi connectivity index (χ2n) is 2.16. The highest BCUT2D eigenvalue weighted by molar-refractivity contribution is 5.30.